The Morgan fingerprint density at radius 3 is 1.54 bits per heavy atom. The summed E-state index contributed by atoms with van der Waals surface area (Å²) in [7, 11) is 0. The first-order valence-electron chi connectivity index (χ1n) is 18.9. The monoisotopic (exact) mass is 632 g/mol. The third-order valence-corrected chi connectivity index (χ3v) is 9.45. The molecule has 0 unspecified atom stereocenters. The number of benzene rings is 2. The molecule has 5 nitrogen and oxygen atoms in total. The predicted molar refractivity (Wildman–Crippen MR) is 196 cm³/mol. The summed E-state index contributed by atoms with van der Waals surface area (Å²) in [5.74, 6) is 1.24. The molecule has 2 atom stereocenters. The average Bonchev–Trinajstić information content (AvgIpc) is 3.06. The standard InChI is InChI=1S/C41H64N2O3/c1-3-4-5-6-7-8-9-10-11-12-13-14-15-16-17-18-19-22-29-46-37-26-28-41(45)36(31-37)33-43-39-24-21-20-23-38(39)42-32-35-30-34(2)25-27-40(35)44/h25-28,30-33,38-39,44-45H,3-24,29H2,1-2H3/t38-,39-/m1/s1. The van der Waals surface area contributed by atoms with E-state index in [9.17, 15) is 10.2 Å². The van der Waals surface area contributed by atoms with E-state index < -0.39 is 0 Å². The van der Waals surface area contributed by atoms with Gasteiger partial charge in [0.2, 0.25) is 0 Å². The van der Waals surface area contributed by atoms with Gasteiger partial charge < -0.3 is 14.9 Å². The second kappa shape index (κ2) is 23.5. The van der Waals surface area contributed by atoms with Crippen molar-refractivity contribution in [1.82, 2.24) is 0 Å². The molecule has 256 valence electrons. The van der Waals surface area contributed by atoms with Gasteiger partial charge in [-0.3, -0.25) is 9.98 Å². The number of nitrogens with zero attached hydrogens (tertiary/aromatic N) is 2. The predicted octanol–water partition coefficient (Wildman–Crippen LogP) is 11.7. The molecule has 1 aliphatic carbocycles. The zero-order valence-corrected chi connectivity index (χ0v) is 29.2. The van der Waals surface area contributed by atoms with Crippen LogP contribution in [0.1, 0.15) is 165 Å². The van der Waals surface area contributed by atoms with Crippen LogP contribution >= 0.6 is 0 Å². The molecule has 1 aliphatic rings. The van der Waals surface area contributed by atoms with Gasteiger partial charge in [-0.05, 0) is 56.5 Å². The topological polar surface area (TPSA) is 74.4 Å². The third-order valence-electron chi connectivity index (χ3n) is 9.45. The fraction of sp³-hybridized carbons (Fsp3) is 0.659. The summed E-state index contributed by atoms with van der Waals surface area (Å²) in [5.41, 5.74) is 2.51. The molecule has 1 fully saturated rings. The van der Waals surface area contributed by atoms with Crippen molar-refractivity contribution in [3.05, 3.63) is 53.1 Å². The van der Waals surface area contributed by atoms with Gasteiger partial charge in [-0.1, -0.05) is 141 Å². The minimum atomic E-state index is 0.0562. The van der Waals surface area contributed by atoms with Gasteiger partial charge in [-0.2, -0.15) is 0 Å². The summed E-state index contributed by atoms with van der Waals surface area (Å²) in [4.78, 5) is 9.67. The molecule has 2 aromatic rings. The third kappa shape index (κ3) is 15.6. The first-order chi connectivity index (χ1) is 22.6. The Morgan fingerprint density at radius 1 is 0.609 bits per heavy atom. The highest BCUT2D eigenvalue weighted by Crippen LogP contribution is 2.27. The molecule has 0 aliphatic heterocycles. The van der Waals surface area contributed by atoms with Gasteiger partial charge >= 0.3 is 0 Å². The molecule has 2 N–H and O–H groups in total. The number of aromatic hydroxyl groups is 2. The van der Waals surface area contributed by atoms with Gasteiger partial charge in [-0.25, -0.2) is 0 Å². The van der Waals surface area contributed by atoms with Crippen LogP contribution in [-0.4, -0.2) is 41.3 Å². The van der Waals surface area contributed by atoms with Crippen molar-refractivity contribution in [3.63, 3.8) is 0 Å². The summed E-state index contributed by atoms with van der Waals surface area (Å²) < 4.78 is 6.03. The SMILES string of the molecule is CCCCCCCCCCCCCCCCCCCCOc1ccc(O)c(C=N[C@@H]2CCCC[C@H]2N=Cc2cc(C)ccc2O)c1. The van der Waals surface area contributed by atoms with Crippen LogP contribution in [0.3, 0.4) is 0 Å². The Hall–Kier alpha value is -2.82. The number of phenolic OH excluding ortho intramolecular Hbond substituents is 2. The number of hydrogen-bond donors (Lipinski definition) is 2. The van der Waals surface area contributed by atoms with Crippen molar-refractivity contribution < 1.29 is 14.9 Å². The van der Waals surface area contributed by atoms with E-state index in [-0.39, 0.29) is 23.6 Å². The number of hydrogen-bond acceptors (Lipinski definition) is 5. The van der Waals surface area contributed by atoms with Gasteiger partial charge in [-0.15, -0.1) is 0 Å². The van der Waals surface area contributed by atoms with Crippen LogP contribution in [0.4, 0.5) is 0 Å². The van der Waals surface area contributed by atoms with Crippen molar-refractivity contribution in [2.75, 3.05) is 6.61 Å². The zero-order valence-electron chi connectivity index (χ0n) is 29.2. The number of phenols is 2. The van der Waals surface area contributed by atoms with Crippen LogP contribution in [0.25, 0.3) is 0 Å². The Labute approximate surface area is 281 Å². The van der Waals surface area contributed by atoms with Crippen LogP contribution in [0.2, 0.25) is 0 Å². The lowest BCUT2D eigenvalue weighted by Crippen LogP contribution is -2.27. The van der Waals surface area contributed by atoms with Crippen LogP contribution in [0.15, 0.2) is 46.4 Å². The second-order valence-electron chi connectivity index (χ2n) is 13.6. The normalized spacial score (nSPS) is 16.9. The second-order valence-corrected chi connectivity index (χ2v) is 13.6. The van der Waals surface area contributed by atoms with Crippen molar-refractivity contribution in [2.45, 2.75) is 167 Å². The quantitative estimate of drug-likeness (QED) is 0.0893. The van der Waals surface area contributed by atoms with Gasteiger partial charge in [0.05, 0.1) is 18.7 Å². The van der Waals surface area contributed by atoms with E-state index in [4.69, 9.17) is 14.7 Å². The van der Waals surface area contributed by atoms with Gasteiger partial charge in [0.15, 0.2) is 0 Å². The number of aryl methyl sites for hydroxylation is 1. The lowest BCUT2D eigenvalue weighted by molar-refractivity contribution is 0.303. The molecule has 2 aromatic carbocycles. The fourth-order valence-electron chi connectivity index (χ4n) is 6.49. The molecule has 0 amide bonds. The van der Waals surface area contributed by atoms with E-state index in [1.54, 1.807) is 24.6 Å². The smallest absolute Gasteiger partial charge is 0.124 e. The fourth-order valence-corrected chi connectivity index (χ4v) is 6.49. The highest BCUT2D eigenvalue weighted by molar-refractivity contribution is 5.85. The molecular weight excluding hydrogens is 568 g/mol. The lowest BCUT2D eigenvalue weighted by atomic mass is 9.91. The Balaban J connectivity index is 1.25. The molecular formula is C41H64N2O3. The number of rotatable bonds is 24. The number of ether oxygens (including phenoxy) is 1. The summed E-state index contributed by atoms with van der Waals surface area (Å²) >= 11 is 0. The summed E-state index contributed by atoms with van der Waals surface area (Å²) in [5, 5.41) is 20.6. The van der Waals surface area contributed by atoms with Gasteiger partial charge in [0, 0.05) is 23.6 Å². The van der Waals surface area contributed by atoms with Crippen LogP contribution < -0.4 is 4.74 Å². The molecule has 3 rings (SSSR count). The first-order valence-corrected chi connectivity index (χ1v) is 18.9. The van der Waals surface area contributed by atoms with Crippen molar-refractivity contribution >= 4 is 12.4 Å². The van der Waals surface area contributed by atoms with E-state index in [0.717, 1.165) is 49.0 Å². The molecule has 0 spiro atoms. The Kier molecular flexibility index (Phi) is 19.2. The van der Waals surface area contributed by atoms with Gasteiger partial charge in [0.1, 0.15) is 17.2 Å². The lowest BCUT2D eigenvalue weighted by Gasteiger charge is -2.25. The summed E-state index contributed by atoms with van der Waals surface area (Å²) in [6, 6.07) is 11.1. The largest absolute Gasteiger partial charge is 0.507 e. The highest BCUT2D eigenvalue weighted by Gasteiger charge is 2.23. The molecule has 5 heteroatoms. The zero-order chi connectivity index (χ0) is 32.7. The van der Waals surface area contributed by atoms with Crippen molar-refractivity contribution in [3.8, 4) is 17.2 Å². The Morgan fingerprint density at radius 2 is 1.04 bits per heavy atom. The van der Waals surface area contributed by atoms with Crippen LogP contribution in [-0.2, 0) is 0 Å². The average molecular weight is 633 g/mol. The van der Waals surface area contributed by atoms with E-state index in [1.807, 2.05) is 31.2 Å². The molecule has 0 heterocycles. The minimum absolute atomic E-state index is 0.0562. The molecule has 0 saturated heterocycles. The van der Waals surface area contributed by atoms with Gasteiger partial charge in [0.25, 0.3) is 0 Å². The maximum absolute atomic E-state index is 10.5. The van der Waals surface area contributed by atoms with Crippen LogP contribution in [0.5, 0.6) is 17.2 Å². The molecule has 0 bridgehead atoms. The highest BCUT2D eigenvalue weighted by atomic mass is 16.5. The van der Waals surface area contributed by atoms with E-state index >= 15 is 0 Å². The summed E-state index contributed by atoms with van der Waals surface area (Å²) in [6.07, 6.45) is 32.5. The maximum atomic E-state index is 10.5. The maximum Gasteiger partial charge on any atom is 0.124 e. The number of aliphatic imine (C=N–C) groups is 2. The molecule has 0 aromatic heterocycles. The molecule has 0 radical (unpaired) electrons. The minimum Gasteiger partial charge on any atom is -0.507 e. The van der Waals surface area contributed by atoms with Crippen LogP contribution in [0, 0.1) is 6.92 Å². The first kappa shape index (κ1) is 37.6. The van der Waals surface area contributed by atoms with E-state index in [2.05, 4.69) is 6.92 Å². The summed E-state index contributed by atoms with van der Waals surface area (Å²) in [6.45, 7) is 5.00. The van der Waals surface area contributed by atoms with E-state index in [0.29, 0.717) is 12.2 Å². The van der Waals surface area contributed by atoms with Crippen molar-refractivity contribution in [2.24, 2.45) is 9.98 Å². The van der Waals surface area contributed by atoms with Crippen molar-refractivity contribution in [1.29, 1.82) is 0 Å². The molecule has 1 saturated carbocycles. The number of unbranched alkanes of at least 4 members (excludes halogenated alkanes) is 17. The van der Waals surface area contributed by atoms with E-state index in [1.165, 1.54) is 109 Å². The molecule has 46 heavy (non-hydrogen) atoms. The Bertz CT molecular complexity index is 1140.